The van der Waals surface area contributed by atoms with Crippen molar-refractivity contribution in [2.75, 3.05) is 23.7 Å². The van der Waals surface area contributed by atoms with E-state index in [1.807, 2.05) is 26.0 Å². The second kappa shape index (κ2) is 12.0. The minimum absolute atomic E-state index is 0.0187. The highest BCUT2D eigenvalue weighted by molar-refractivity contribution is 7.92. The molecule has 2 amide bonds. The van der Waals surface area contributed by atoms with Gasteiger partial charge in [0.05, 0.1) is 22.5 Å². The summed E-state index contributed by atoms with van der Waals surface area (Å²) in [6, 6.07) is 8.44. The molecule has 1 N–H and O–H groups in total. The van der Waals surface area contributed by atoms with Gasteiger partial charge in [0, 0.05) is 13.1 Å². The monoisotopic (exact) mass is 547 g/mol. The highest BCUT2D eigenvalue weighted by atomic mass is 35.5. The average Bonchev–Trinajstić information content (AvgIpc) is 2.78. The summed E-state index contributed by atoms with van der Waals surface area (Å²) in [7, 11) is -4.24. The molecule has 0 aliphatic carbocycles. The Kier molecular flexibility index (Phi) is 9.78. The molecule has 0 aromatic heterocycles. The molecule has 12 heteroatoms. The van der Waals surface area contributed by atoms with Crippen LogP contribution in [0.15, 0.2) is 42.5 Å². The third kappa shape index (κ3) is 7.86. The van der Waals surface area contributed by atoms with Crippen LogP contribution in [0, 0.1) is 6.92 Å². The number of nitrogens with one attached hydrogen (secondary N) is 1. The summed E-state index contributed by atoms with van der Waals surface area (Å²) in [5.74, 6) is -1.23. The molecule has 0 radical (unpaired) electrons. The van der Waals surface area contributed by atoms with Gasteiger partial charge in [-0.1, -0.05) is 48.4 Å². The van der Waals surface area contributed by atoms with Crippen molar-refractivity contribution in [3.05, 3.63) is 64.2 Å². The Morgan fingerprint density at radius 3 is 2.36 bits per heavy atom. The largest absolute Gasteiger partial charge is 0.416 e. The van der Waals surface area contributed by atoms with Crippen LogP contribution in [0.25, 0.3) is 0 Å². The van der Waals surface area contributed by atoms with Gasteiger partial charge in [-0.2, -0.15) is 13.2 Å². The zero-order valence-corrected chi connectivity index (χ0v) is 22.0. The van der Waals surface area contributed by atoms with E-state index in [1.165, 1.54) is 11.8 Å². The maximum atomic E-state index is 13.5. The Hall–Kier alpha value is -2.79. The van der Waals surface area contributed by atoms with Gasteiger partial charge < -0.3 is 10.2 Å². The molecule has 198 valence electrons. The molecule has 1 atom stereocenters. The Morgan fingerprint density at radius 2 is 1.81 bits per heavy atom. The van der Waals surface area contributed by atoms with Gasteiger partial charge >= 0.3 is 6.18 Å². The Bertz CT molecular complexity index is 1210. The van der Waals surface area contributed by atoms with Gasteiger partial charge in [0.25, 0.3) is 0 Å². The summed E-state index contributed by atoms with van der Waals surface area (Å²) in [6.07, 6.45) is -3.32. The zero-order chi connectivity index (χ0) is 27.3. The summed E-state index contributed by atoms with van der Waals surface area (Å²) in [5.41, 5.74) is 0.00542. The van der Waals surface area contributed by atoms with E-state index in [2.05, 4.69) is 5.32 Å². The third-order valence-electron chi connectivity index (χ3n) is 5.37. The van der Waals surface area contributed by atoms with Gasteiger partial charge in [-0.05, 0) is 44.0 Å². The quantitative estimate of drug-likeness (QED) is 0.478. The van der Waals surface area contributed by atoms with Crippen molar-refractivity contribution < 1.29 is 31.2 Å². The van der Waals surface area contributed by atoms with Gasteiger partial charge in [0.2, 0.25) is 21.8 Å². The number of amides is 2. The van der Waals surface area contributed by atoms with Crippen molar-refractivity contribution in [2.24, 2.45) is 0 Å². The molecule has 7 nitrogen and oxygen atoms in total. The maximum Gasteiger partial charge on any atom is 0.416 e. The molecular formula is C24H29ClF3N3O4S. The standard InChI is InChI=1S/C24H29ClF3N3O4S/c1-5-11-29-23(33)17(3)30(14-18-8-6-7-16(2)12-18)22(32)15-31(36(4,34)35)21-13-19(24(26,27)28)9-10-20(21)25/h6-10,12-13,17H,5,11,14-15H2,1-4H3,(H,29,33)/t17-/m1/s1. The molecule has 0 bridgehead atoms. The van der Waals surface area contributed by atoms with Crippen molar-refractivity contribution in [2.45, 2.75) is 46.0 Å². The van der Waals surface area contributed by atoms with Crippen LogP contribution >= 0.6 is 11.6 Å². The number of benzene rings is 2. The Labute approximate surface area is 214 Å². The van der Waals surface area contributed by atoms with E-state index in [-0.39, 0.29) is 11.6 Å². The third-order valence-corrected chi connectivity index (χ3v) is 6.82. The molecule has 0 saturated heterocycles. The number of alkyl halides is 3. The zero-order valence-electron chi connectivity index (χ0n) is 20.4. The lowest BCUT2D eigenvalue weighted by molar-refractivity contribution is -0.139. The van der Waals surface area contributed by atoms with E-state index in [4.69, 9.17) is 11.6 Å². The van der Waals surface area contributed by atoms with Gasteiger partial charge in [-0.15, -0.1) is 0 Å². The number of rotatable bonds is 10. The van der Waals surface area contributed by atoms with Gasteiger partial charge in [0.15, 0.2) is 0 Å². The molecule has 2 aromatic rings. The minimum Gasteiger partial charge on any atom is -0.354 e. The molecule has 0 aliphatic rings. The first-order valence-corrected chi connectivity index (χ1v) is 13.3. The first-order chi connectivity index (χ1) is 16.6. The summed E-state index contributed by atoms with van der Waals surface area (Å²) >= 11 is 6.07. The molecule has 0 fully saturated rings. The fraction of sp³-hybridized carbons (Fsp3) is 0.417. The number of carbonyl (C=O) groups is 2. The summed E-state index contributed by atoms with van der Waals surface area (Å²) < 4.78 is 65.6. The SMILES string of the molecule is CCCNC(=O)[C@@H](C)N(Cc1cccc(C)c1)C(=O)CN(c1cc(C(F)(F)F)ccc1Cl)S(C)(=O)=O. The lowest BCUT2D eigenvalue weighted by Crippen LogP contribution is -2.51. The van der Waals surface area contributed by atoms with E-state index in [9.17, 15) is 31.2 Å². The second-order valence-electron chi connectivity index (χ2n) is 8.41. The molecule has 0 spiro atoms. The molecule has 2 aromatic carbocycles. The van der Waals surface area contributed by atoms with E-state index >= 15 is 0 Å². The highest BCUT2D eigenvalue weighted by Gasteiger charge is 2.34. The number of halogens is 4. The number of nitrogens with zero attached hydrogens (tertiary/aromatic N) is 2. The first-order valence-electron chi connectivity index (χ1n) is 11.1. The van der Waals surface area contributed by atoms with Gasteiger partial charge in [0.1, 0.15) is 12.6 Å². The van der Waals surface area contributed by atoms with Crippen LogP contribution in [0.1, 0.15) is 37.0 Å². The van der Waals surface area contributed by atoms with Crippen LogP contribution in [-0.2, 0) is 32.3 Å². The van der Waals surface area contributed by atoms with E-state index < -0.39 is 51.9 Å². The molecular weight excluding hydrogens is 519 g/mol. The number of hydrogen-bond acceptors (Lipinski definition) is 4. The van der Waals surface area contributed by atoms with Crippen LogP contribution in [0.2, 0.25) is 5.02 Å². The summed E-state index contributed by atoms with van der Waals surface area (Å²) in [5, 5.41) is 2.42. The smallest absolute Gasteiger partial charge is 0.354 e. The fourth-order valence-corrected chi connectivity index (χ4v) is 4.58. The van der Waals surface area contributed by atoms with Crippen molar-refractivity contribution in [3.8, 4) is 0 Å². The molecule has 2 rings (SSSR count). The van der Waals surface area contributed by atoms with Gasteiger partial charge in [-0.25, -0.2) is 8.42 Å². The van der Waals surface area contributed by atoms with Crippen molar-refractivity contribution >= 4 is 39.1 Å². The number of anilines is 1. The fourth-order valence-electron chi connectivity index (χ4n) is 3.46. The Morgan fingerprint density at radius 1 is 1.14 bits per heavy atom. The second-order valence-corrected chi connectivity index (χ2v) is 10.7. The number of aryl methyl sites for hydroxylation is 1. The van der Waals surface area contributed by atoms with Crippen LogP contribution in [0.4, 0.5) is 18.9 Å². The van der Waals surface area contributed by atoms with E-state index in [1.54, 1.807) is 12.1 Å². The van der Waals surface area contributed by atoms with Crippen molar-refractivity contribution in [3.63, 3.8) is 0 Å². The molecule has 0 heterocycles. The normalized spacial score (nSPS) is 12.7. The van der Waals surface area contributed by atoms with Crippen molar-refractivity contribution in [1.82, 2.24) is 10.2 Å². The van der Waals surface area contributed by atoms with Crippen LogP contribution < -0.4 is 9.62 Å². The Balaban J connectivity index is 2.48. The van der Waals surface area contributed by atoms with Gasteiger partial charge in [-0.3, -0.25) is 13.9 Å². The molecule has 0 saturated carbocycles. The average molecular weight is 548 g/mol. The molecule has 0 aliphatic heterocycles. The predicted octanol–water partition coefficient (Wildman–Crippen LogP) is 4.38. The topological polar surface area (TPSA) is 86.8 Å². The first kappa shape index (κ1) is 29.4. The van der Waals surface area contributed by atoms with Crippen LogP contribution in [0.5, 0.6) is 0 Å². The molecule has 36 heavy (non-hydrogen) atoms. The van der Waals surface area contributed by atoms with Crippen LogP contribution in [0.3, 0.4) is 0 Å². The van der Waals surface area contributed by atoms with Crippen LogP contribution in [-0.4, -0.2) is 50.5 Å². The van der Waals surface area contributed by atoms with E-state index in [0.29, 0.717) is 28.9 Å². The lowest BCUT2D eigenvalue weighted by Gasteiger charge is -2.32. The molecule has 0 unspecified atom stereocenters. The number of hydrogen-bond donors (Lipinski definition) is 1. The summed E-state index contributed by atoms with van der Waals surface area (Å²) in [6.45, 7) is 4.73. The predicted molar refractivity (Wildman–Crippen MR) is 133 cm³/mol. The summed E-state index contributed by atoms with van der Waals surface area (Å²) in [4.78, 5) is 27.3. The van der Waals surface area contributed by atoms with E-state index in [0.717, 1.165) is 24.0 Å². The number of carbonyl (C=O) groups excluding carboxylic acids is 2. The lowest BCUT2D eigenvalue weighted by atomic mass is 10.1. The van der Waals surface area contributed by atoms with Crippen molar-refractivity contribution in [1.29, 1.82) is 0 Å². The number of sulfonamides is 1. The highest BCUT2D eigenvalue weighted by Crippen LogP contribution is 2.36. The minimum atomic E-state index is -4.75. The maximum absolute atomic E-state index is 13.5.